The van der Waals surface area contributed by atoms with Gasteiger partial charge in [-0.1, -0.05) is 84.4 Å². The highest BCUT2D eigenvalue weighted by Gasteiger charge is 2.71. The molecule has 0 bridgehead atoms. The molecule has 0 radical (unpaired) electrons. The van der Waals surface area contributed by atoms with Gasteiger partial charge in [0.05, 0.1) is 24.5 Å². The molecule has 0 aliphatic heterocycles. The highest BCUT2D eigenvalue weighted by Crippen LogP contribution is 2.77. The van der Waals surface area contributed by atoms with Crippen LogP contribution in [-0.4, -0.2) is 64.0 Å². The number of ketones is 1. The van der Waals surface area contributed by atoms with Crippen LogP contribution < -0.4 is 5.73 Å². The predicted molar refractivity (Wildman–Crippen MR) is 212 cm³/mol. The lowest BCUT2D eigenvalue weighted by Gasteiger charge is -2.72. The highest BCUT2D eigenvalue weighted by molar-refractivity contribution is 6.00. The average Bonchev–Trinajstić information content (AvgIpc) is 3.42. The van der Waals surface area contributed by atoms with E-state index in [0.29, 0.717) is 24.8 Å². The number of rotatable bonds is 11. The number of hydrogen-bond donors (Lipinski definition) is 3. The molecule has 0 aromatic heterocycles. The van der Waals surface area contributed by atoms with Gasteiger partial charge in [-0.2, -0.15) is 0 Å². The summed E-state index contributed by atoms with van der Waals surface area (Å²) in [5.74, 6) is -0.563. The number of aliphatic carboxylic acids is 1. The number of esters is 1. The zero-order valence-electron chi connectivity index (χ0n) is 35.0. The number of hydrogen-bond acceptors (Lipinski definition) is 7. The highest BCUT2D eigenvalue weighted by atomic mass is 16.5. The molecule has 6 rings (SSSR count). The summed E-state index contributed by atoms with van der Waals surface area (Å²) >= 11 is 0. The number of nitrogens with zero attached hydrogens (tertiary/aromatic N) is 1. The number of aliphatic hydroxyl groups excluding tert-OH is 1. The zero-order valence-corrected chi connectivity index (χ0v) is 35.0. The third-order valence-corrected chi connectivity index (χ3v) is 16.6. The summed E-state index contributed by atoms with van der Waals surface area (Å²) < 4.78 is 6.17. The molecule has 4 N–H and O–H groups in total. The van der Waals surface area contributed by atoms with Crippen LogP contribution in [0.1, 0.15) is 132 Å². The number of carbonyl (C=O) groups excluding carboxylic acids is 3. The Hall–Kier alpha value is -3.04. The van der Waals surface area contributed by atoms with Gasteiger partial charge in [-0.05, 0) is 116 Å². The summed E-state index contributed by atoms with van der Waals surface area (Å²) in [6, 6.07) is 9.79. The lowest BCUT2D eigenvalue weighted by molar-refractivity contribution is -0.235. The fraction of sp³-hybridized carbons (Fsp3) is 0.739. The van der Waals surface area contributed by atoms with E-state index in [1.54, 1.807) is 18.7 Å². The summed E-state index contributed by atoms with van der Waals surface area (Å²) in [4.78, 5) is 54.0. The smallest absolute Gasteiger partial charge is 0.309 e. The van der Waals surface area contributed by atoms with Gasteiger partial charge in [-0.15, -0.1) is 0 Å². The normalized spacial score (nSPS) is 36.0. The third-order valence-electron chi connectivity index (χ3n) is 16.6. The zero-order chi connectivity index (χ0) is 40.5. The summed E-state index contributed by atoms with van der Waals surface area (Å²) in [7, 11) is 0. The quantitative estimate of drug-likeness (QED) is 0.194. The topological polar surface area (TPSA) is 147 Å². The second-order valence-electron chi connectivity index (χ2n) is 20.5. The van der Waals surface area contributed by atoms with Crippen LogP contribution in [0.3, 0.4) is 0 Å². The van der Waals surface area contributed by atoms with Crippen LogP contribution in [0.5, 0.6) is 0 Å². The minimum Gasteiger partial charge on any atom is -0.481 e. The second-order valence-corrected chi connectivity index (χ2v) is 20.5. The number of carboxylic acid groups (broad SMARTS) is 1. The molecule has 9 atom stereocenters. The van der Waals surface area contributed by atoms with E-state index >= 15 is 0 Å². The lowest BCUT2D eigenvalue weighted by Crippen LogP contribution is -2.66. The van der Waals surface area contributed by atoms with Gasteiger partial charge in [-0.3, -0.25) is 19.2 Å². The standard InChI is InChI=1S/C46H68N2O7/c1-28(2)38-31(49)23-46(34(50)27-48(36(51)25-47)26-29-13-11-10-12-14-29)22-21-44(8)30(39(38)46)15-16-33-43(7)19-18-35(55-37(52)24-41(3,4)40(53)54)42(5,6)32(43)17-20-45(33,44)9/h10-14,28,30,32-35,50H,15-27,47H2,1-9H3,(H,53,54)/t30-,32+,33-,34?,35+,43+,44-,45-,46?/m1/s1. The Labute approximate surface area is 329 Å². The van der Waals surface area contributed by atoms with E-state index < -0.39 is 28.9 Å². The van der Waals surface area contributed by atoms with E-state index in [2.05, 4.69) is 48.5 Å². The molecule has 9 heteroatoms. The van der Waals surface area contributed by atoms with Crippen molar-refractivity contribution in [3.05, 3.63) is 47.0 Å². The number of Topliss-reactive ketones (excluding diaryl/α,β-unsaturated/α-hetero) is 1. The molecule has 0 heterocycles. The number of carboxylic acids is 1. The second kappa shape index (κ2) is 14.4. The monoisotopic (exact) mass is 761 g/mol. The maximum atomic E-state index is 14.2. The van der Waals surface area contributed by atoms with E-state index in [0.717, 1.165) is 56.1 Å². The van der Waals surface area contributed by atoms with Gasteiger partial charge < -0.3 is 25.6 Å². The minimum absolute atomic E-state index is 0.0149. The number of ether oxygens (including phenoxy) is 1. The van der Waals surface area contributed by atoms with Crippen molar-refractivity contribution in [2.75, 3.05) is 13.1 Å². The predicted octanol–water partition coefficient (Wildman–Crippen LogP) is 7.73. The molecule has 1 aromatic rings. The Morgan fingerprint density at radius 3 is 2.22 bits per heavy atom. The van der Waals surface area contributed by atoms with Crippen molar-refractivity contribution in [2.24, 2.45) is 61.9 Å². The Morgan fingerprint density at radius 2 is 1.60 bits per heavy atom. The fourth-order valence-electron chi connectivity index (χ4n) is 13.5. The molecule has 2 unspecified atom stereocenters. The van der Waals surface area contributed by atoms with Crippen molar-refractivity contribution >= 4 is 23.6 Å². The Kier molecular flexibility index (Phi) is 10.9. The third kappa shape index (κ3) is 6.61. The van der Waals surface area contributed by atoms with Gasteiger partial charge in [0, 0.05) is 30.3 Å². The lowest BCUT2D eigenvalue weighted by atomic mass is 9.33. The molecule has 4 fully saturated rings. The van der Waals surface area contributed by atoms with Gasteiger partial charge in [0.1, 0.15) is 6.10 Å². The number of fused-ring (bicyclic) bond motifs is 7. The van der Waals surface area contributed by atoms with Crippen LogP contribution >= 0.6 is 0 Å². The van der Waals surface area contributed by atoms with E-state index in [-0.39, 0.29) is 77.2 Å². The first-order valence-electron chi connectivity index (χ1n) is 21.0. The van der Waals surface area contributed by atoms with Crippen LogP contribution in [-0.2, 0) is 30.5 Å². The van der Waals surface area contributed by atoms with E-state index in [4.69, 9.17) is 10.5 Å². The summed E-state index contributed by atoms with van der Waals surface area (Å²) in [6.07, 6.45) is 6.27. The maximum Gasteiger partial charge on any atom is 0.309 e. The van der Waals surface area contributed by atoms with Gasteiger partial charge in [0.15, 0.2) is 5.78 Å². The van der Waals surface area contributed by atoms with Gasteiger partial charge >= 0.3 is 11.9 Å². The van der Waals surface area contributed by atoms with Gasteiger partial charge in [-0.25, -0.2) is 0 Å². The van der Waals surface area contributed by atoms with Crippen molar-refractivity contribution < 1.29 is 34.1 Å². The fourth-order valence-corrected chi connectivity index (χ4v) is 13.5. The van der Waals surface area contributed by atoms with E-state index in [1.165, 1.54) is 5.57 Å². The SMILES string of the molecule is CC(C)C1=C2[C@H]3CC[C@@H]4[C@@]5(C)CC[C@H](OC(=O)CC(C)(C)C(=O)O)C(C)(C)[C@@H]5CC[C@@]4(C)[C@]3(C)CCC2(C(O)CN(Cc2ccccc2)C(=O)CN)CC1=O. The molecule has 5 aliphatic rings. The van der Waals surface area contributed by atoms with Crippen molar-refractivity contribution in [2.45, 2.75) is 145 Å². The van der Waals surface area contributed by atoms with Crippen molar-refractivity contribution in [1.82, 2.24) is 4.90 Å². The van der Waals surface area contributed by atoms with Crippen LogP contribution in [0.4, 0.5) is 0 Å². The van der Waals surface area contributed by atoms with Gasteiger partial charge in [0.2, 0.25) is 5.91 Å². The molecule has 1 aromatic carbocycles. The maximum absolute atomic E-state index is 14.2. The first-order chi connectivity index (χ1) is 25.6. The van der Waals surface area contributed by atoms with Crippen molar-refractivity contribution in [3.63, 3.8) is 0 Å². The molecule has 0 saturated heterocycles. The summed E-state index contributed by atoms with van der Waals surface area (Å²) in [6.45, 7) is 19.7. The molecular formula is C46H68N2O7. The molecule has 0 spiro atoms. The van der Waals surface area contributed by atoms with Gasteiger partial charge in [0.25, 0.3) is 0 Å². The summed E-state index contributed by atoms with van der Waals surface area (Å²) in [5, 5.41) is 22.1. The van der Waals surface area contributed by atoms with E-state index in [9.17, 15) is 29.4 Å². The molecule has 55 heavy (non-hydrogen) atoms. The first-order valence-corrected chi connectivity index (χ1v) is 21.0. The number of allylic oxidation sites excluding steroid dienone is 1. The molecule has 4 saturated carbocycles. The van der Waals surface area contributed by atoms with Crippen LogP contribution in [0.2, 0.25) is 0 Å². The van der Waals surface area contributed by atoms with Crippen molar-refractivity contribution in [1.29, 1.82) is 0 Å². The van der Waals surface area contributed by atoms with Crippen LogP contribution in [0.25, 0.3) is 0 Å². The number of amides is 1. The molecule has 9 nitrogen and oxygen atoms in total. The molecule has 1 amide bonds. The molecular weight excluding hydrogens is 693 g/mol. The molecule has 5 aliphatic carbocycles. The average molecular weight is 761 g/mol. The minimum atomic E-state index is -1.18. The Bertz CT molecular complexity index is 1720. The largest absolute Gasteiger partial charge is 0.481 e. The van der Waals surface area contributed by atoms with Crippen LogP contribution in [0.15, 0.2) is 41.5 Å². The number of aliphatic hydroxyl groups is 1. The Balaban J connectivity index is 1.30. The number of carbonyl (C=O) groups is 4. The number of nitrogens with two attached hydrogens (primary N) is 1. The summed E-state index contributed by atoms with van der Waals surface area (Å²) in [5.41, 5.74) is 6.70. The van der Waals surface area contributed by atoms with E-state index in [1.807, 2.05) is 30.3 Å². The van der Waals surface area contributed by atoms with Crippen LogP contribution in [0, 0.1) is 56.2 Å². The number of benzene rings is 1. The molecule has 304 valence electrons. The first kappa shape index (κ1) is 41.6. The Morgan fingerprint density at radius 1 is 0.927 bits per heavy atom. The van der Waals surface area contributed by atoms with Crippen molar-refractivity contribution in [3.8, 4) is 0 Å².